The van der Waals surface area contributed by atoms with Crippen LogP contribution in [0.15, 0.2) is 12.7 Å². The predicted molar refractivity (Wildman–Crippen MR) is 48.2 cm³/mol. The zero-order valence-electron chi connectivity index (χ0n) is 7.92. The molecule has 0 aliphatic rings. The van der Waals surface area contributed by atoms with Gasteiger partial charge in [0.15, 0.2) is 0 Å². The van der Waals surface area contributed by atoms with Crippen LogP contribution in [0.3, 0.4) is 0 Å². The summed E-state index contributed by atoms with van der Waals surface area (Å²) < 4.78 is 13.1. The number of allylic oxidation sites excluding steroid dienone is 1. The molecule has 3 atom stereocenters. The molecular weight excluding hydrogens is 153 g/mol. The predicted octanol–water partition coefficient (Wildman–Crippen LogP) is 2.94. The fourth-order valence-corrected chi connectivity index (χ4v) is 1.29. The van der Waals surface area contributed by atoms with E-state index in [1.54, 1.807) is 6.92 Å². The first-order valence-electron chi connectivity index (χ1n) is 4.20. The van der Waals surface area contributed by atoms with Gasteiger partial charge >= 0.3 is 0 Å². The van der Waals surface area contributed by atoms with E-state index in [0.717, 1.165) is 0 Å². The Bertz CT molecular complexity index is 181. The van der Waals surface area contributed by atoms with Gasteiger partial charge in [-0.2, -0.15) is 5.26 Å². The first kappa shape index (κ1) is 11.2. The number of hydrogen-bond acceptors (Lipinski definition) is 1. The molecule has 0 heterocycles. The van der Waals surface area contributed by atoms with Crippen molar-refractivity contribution in [1.29, 1.82) is 5.26 Å². The van der Waals surface area contributed by atoms with Gasteiger partial charge in [0, 0.05) is 5.92 Å². The summed E-state index contributed by atoms with van der Waals surface area (Å²) in [5.74, 6) is -0.284. The maximum Gasteiger partial charge on any atom is 0.122 e. The number of halogens is 1. The van der Waals surface area contributed by atoms with Gasteiger partial charge in [0.05, 0.1) is 12.0 Å². The molecule has 2 heteroatoms. The second-order valence-corrected chi connectivity index (χ2v) is 3.44. The molecule has 0 bridgehead atoms. The van der Waals surface area contributed by atoms with Gasteiger partial charge in [-0.05, 0) is 5.92 Å². The third-order valence-electron chi connectivity index (χ3n) is 2.16. The van der Waals surface area contributed by atoms with Crippen LogP contribution in [0.1, 0.15) is 20.8 Å². The highest BCUT2D eigenvalue weighted by Gasteiger charge is 2.25. The van der Waals surface area contributed by atoms with Crippen molar-refractivity contribution in [2.24, 2.45) is 17.8 Å². The number of rotatable bonds is 4. The van der Waals surface area contributed by atoms with Crippen LogP contribution in [0.2, 0.25) is 0 Å². The molecule has 0 amide bonds. The lowest BCUT2D eigenvalue weighted by Gasteiger charge is -2.21. The molecule has 0 saturated heterocycles. The molecule has 0 rings (SSSR count). The van der Waals surface area contributed by atoms with Crippen molar-refractivity contribution in [3.8, 4) is 6.07 Å². The van der Waals surface area contributed by atoms with Crippen LogP contribution < -0.4 is 0 Å². The van der Waals surface area contributed by atoms with Crippen LogP contribution in [-0.2, 0) is 0 Å². The van der Waals surface area contributed by atoms with Gasteiger partial charge < -0.3 is 0 Å². The van der Waals surface area contributed by atoms with E-state index in [4.69, 9.17) is 5.26 Å². The van der Waals surface area contributed by atoms with Gasteiger partial charge in [0.1, 0.15) is 6.17 Å². The standard InChI is InChI=1S/C10H16FN/c1-5-10(11)8(4)9(6-12)7(2)3/h5,7-10H,1H2,2-4H3. The molecule has 0 aliphatic carbocycles. The zero-order valence-corrected chi connectivity index (χ0v) is 7.92. The lowest BCUT2D eigenvalue weighted by molar-refractivity contribution is 0.218. The first-order valence-corrected chi connectivity index (χ1v) is 4.20. The summed E-state index contributed by atoms with van der Waals surface area (Å²) in [6, 6.07) is 2.13. The Morgan fingerprint density at radius 1 is 1.42 bits per heavy atom. The quantitative estimate of drug-likeness (QED) is 0.593. The van der Waals surface area contributed by atoms with Crippen LogP contribution in [-0.4, -0.2) is 6.17 Å². The van der Waals surface area contributed by atoms with E-state index in [-0.39, 0.29) is 17.8 Å². The summed E-state index contributed by atoms with van der Waals surface area (Å²) in [6.45, 7) is 8.99. The maximum absolute atomic E-state index is 13.1. The molecular formula is C10H16FN. The average molecular weight is 169 g/mol. The molecule has 3 unspecified atom stereocenters. The Morgan fingerprint density at radius 2 is 1.92 bits per heavy atom. The van der Waals surface area contributed by atoms with Crippen LogP contribution in [0.25, 0.3) is 0 Å². The number of hydrogen-bond donors (Lipinski definition) is 0. The van der Waals surface area contributed by atoms with Crippen molar-refractivity contribution in [3.05, 3.63) is 12.7 Å². The van der Waals surface area contributed by atoms with Crippen LogP contribution in [0.5, 0.6) is 0 Å². The summed E-state index contributed by atoms with van der Waals surface area (Å²) in [7, 11) is 0. The molecule has 0 spiro atoms. The van der Waals surface area contributed by atoms with Crippen molar-refractivity contribution in [2.75, 3.05) is 0 Å². The second kappa shape index (κ2) is 4.92. The van der Waals surface area contributed by atoms with Gasteiger partial charge in [-0.3, -0.25) is 0 Å². The second-order valence-electron chi connectivity index (χ2n) is 3.44. The molecule has 12 heavy (non-hydrogen) atoms. The lowest BCUT2D eigenvalue weighted by Crippen LogP contribution is -2.23. The van der Waals surface area contributed by atoms with Gasteiger partial charge in [-0.25, -0.2) is 4.39 Å². The maximum atomic E-state index is 13.1. The van der Waals surface area contributed by atoms with Gasteiger partial charge in [0.25, 0.3) is 0 Å². The Hall–Kier alpha value is -0.840. The van der Waals surface area contributed by atoms with Crippen LogP contribution in [0, 0.1) is 29.1 Å². The highest BCUT2D eigenvalue weighted by molar-refractivity contribution is 4.95. The molecule has 0 fully saturated rings. The van der Waals surface area contributed by atoms with Gasteiger partial charge in [0.2, 0.25) is 0 Å². The Balaban J connectivity index is 4.33. The largest absolute Gasteiger partial charge is 0.243 e. The molecule has 0 aromatic carbocycles. The third-order valence-corrected chi connectivity index (χ3v) is 2.16. The Labute approximate surface area is 73.9 Å². The molecule has 0 aliphatic heterocycles. The molecule has 0 saturated carbocycles. The van der Waals surface area contributed by atoms with Gasteiger partial charge in [-0.15, -0.1) is 6.58 Å². The van der Waals surface area contributed by atoms with E-state index in [1.807, 2.05) is 13.8 Å². The van der Waals surface area contributed by atoms with Crippen molar-refractivity contribution in [3.63, 3.8) is 0 Å². The lowest BCUT2D eigenvalue weighted by atomic mass is 9.83. The Kier molecular flexibility index (Phi) is 4.58. The molecule has 0 aromatic rings. The summed E-state index contributed by atoms with van der Waals surface area (Å²) in [6.07, 6.45) is 0.189. The monoisotopic (exact) mass is 169 g/mol. The third kappa shape index (κ3) is 2.65. The zero-order chi connectivity index (χ0) is 9.72. The normalized spacial score (nSPS) is 18.0. The summed E-state index contributed by atoms with van der Waals surface area (Å²) in [5, 5.41) is 8.76. The summed E-state index contributed by atoms with van der Waals surface area (Å²) in [5.41, 5.74) is 0. The van der Waals surface area contributed by atoms with Gasteiger partial charge in [-0.1, -0.05) is 26.8 Å². The average Bonchev–Trinajstić information content (AvgIpc) is 2.03. The van der Waals surface area contributed by atoms with E-state index in [9.17, 15) is 4.39 Å². The fourth-order valence-electron chi connectivity index (χ4n) is 1.29. The van der Waals surface area contributed by atoms with Crippen LogP contribution >= 0.6 is 0 Å². The van der Waals surface area contributed by atoms with Crippen molar-refractivity contribution >= 4 is 0 Å². The first-order chi connectivity index (χ1) is 5.54. The molecule has 0 radical (unpaired) electrons. The Morgan fingerprint density at radius 3 is 2.17 bits per heavy atom. The molecule has 68 valence electrons. The summed E-state index contributed by atoms with van der Waals surface area (Å²) in [4.78, 5) is 0. The minimum absolute atomic E-state index is 0.197. The van der Waals surface area contributed by atoms with E-state index >= 15 is 0 Å². The summed E-state index contributed by atoms with van der Waals surface area (Å²) >= 11 is 0. The SMILES string of the molecule is C=CC(F)C(C)C(C#N)C(C)C. The smallest absolute Gasteiger partial charge is 0.122 e. The van der Waals surface area contributed by atoms with Crippen molar-refractivity contribution in [2.45, 2.75) is 26.9 Å². The minimum Gasteiger partial charge on any atom is -0.243 e. The fraction of sp³-hybridized carbons (Fsp3) is 0.700. The molecule has 0 N–H and O–H groups in total. The van der Waals surface area contributed by atoms with Crippen molar-refractivity contribution < 1.29 is 4.39 Å². The number of nitrogens with zero attached hydrogens (tertiary/aromatic N) is 1. The number of alkyl halides is 1. The van der Waals surface area contributed by atoms with Crippen molar-refractivity contribution in [1.82, 2.24) is 0 Å². The van der Waals surface area contributed by atoms with E-state index in [0.29, 0.717) is 0 Å². The molecule has 0 aromatic heterocycles. The minimum atomic E-state index is -1.07. The van der Waals surface area contributed by atoms with Crippen LogP contribution in [0.4, 0.5) is 4.39 Å². The van der Waals surface area contributed by atoms with E-state index < -0.39 is 6.17 Å². The number of nitriles is 1. The van der Waals surface area contributed by atoms with E-state index in [2.05, 4.69) is 12.6 Å². The topological polar surface area (TPSA) is 23.8 Å². The highest BCUT2D eigenvalue weighted by atomic mass is 19.1. The van der Waals surface area contributed by atoms with E-state index in [1.165, 1.54) is 6.08 Å². The molecule has 1 nitrogen and oxygen atoms in total. The highest BCUT2D eigenvalue weighted by Crippen LogP contribution is 2.24.